The average molecular weight is 962 g/mol. The van der Waals surface area contributed by atoms with Crippen molar-refractivity contribution in [2.24, 2.45) is 17.8 Å². The first-order valence-electron chi connectivity index (χ1n) is 30.6. The van der Waals surface area contributed by atoms with Crippen LogP contribution in [0.1, 0.15) is 343 Å². The Morgan fingerprint density at radius 1 is 0.294 bits per heavy atom. The van der Waals surface area contributed by atoms with Crippen LogP contribution in [0.3, 0.4) is 0 Å². The molecule has 0 fully saturated rings. The summed E-state index contributed by atoms with van der Waals surface area (Å²) < 4.78 is 16.9. The van der Waals surface area contributed by atoms with Crippen LogP contribution in [0.25, 0.3) is 0 Å². The molecular weight excluding hydrogens is 841 g/mol. The summed E-state index contributed by atoms with van der Waals surface area (Å²) in [6.07, 6.45) is 56.6. The van der Waals surface area contributed by atoms with Crippen molar-refractivity contribution in [1.29, 1.82) is 0 Å². The highest BCUT2D eigenvalue weighted by molar-refractivity contribution is 5.71. The molecule has 0 N–H and O–H groups in total. The van der Waals surface area contributed by atoms with Crippen LogP contribution in [0.5, 0.6) is 0 Å². The van der Waals surface area contributed by atoms with Gasteiger partial charge in [-0.15, -0.1) is 0 Å². The van der Waals surface area contributed by atoms with Crippen molar-refractivity contribution < 1.29 is 28.6 Å². The van der Waals surface area contributed by atoms with Crippen molar-refractivity contribution in [2.75, 3.05) is 13.2 Å². The molecule has 0 aliphatic heterocycles. The van der Waals surface area contributed by atoms with Crippen LogP contribution in [0.15, 0.2) is 0 Å². The minimum Gasteiger partial charge on any atom is -0.462 e. The predicted octanol–water partition coefficient (Wildman–Crippen LogP) is 20.3. The van der Waals surface area contributed by atoms with Crippen LogP contribution in [0.2, 0.25) is 0 Å². The summed E-state index contributed by atoms with van der Waals surface area (Å²) in [5, 5.41) is 0. The Kier molecular flexibility index (Phi) is 52.0. The third-order valence-corrected chi connectivity index (χ3v) is 14.5. The summed E-state index contributed by atoms with van der Waals surface area (Å²) >= 11 is 0. The molecule has 404 valence electrons. The molecule has 6 heteroatoms. The molecule has 0 rings (SSSR count). The smallest absolute Gasteiger partial charge is 0.306 e. The van der Waals surface area contributed by atoms with Crippen LogP contribution in [0.4, 0.5) is 0 Å². The van der Waals surface area contributed by atoms with E-state index in [2.05, 4.69) is 41.5 Å². The molecule has 6 nitrogen and oxygen atoms in total. The Morgan fingerprint density at radius 3 is 0.765 bits per heavy atom. The highest BCUT2D eigenvalue weighted by atomic mass is 16.6. The molecule has 0 saturated carbocycles. The fraction of sp³-hybridized carbons (Fsp3) is 0.952. The maximum Gasteiger partial charge on any atom is 0.306 e. The molecule has 0 aliphatic carbocycles. The lowest BCUT2D eigenvalue weighted by atomic mass is 9.99. The summed E-state index contributed by atoms with van der Waals surface area (Å²) in [4.78, 5) is 38.2. The highest BCUT2D eigenvalue weighted by Crippen LogP contribution is 2.19. The first-order chi connectivity index (χ1) is 33.1. The summed E-state index contributed by atoms with van der Waals surface area (Å²) in [7, 11) is 0. The summed E-state index contributed by atoms with van der Waals surface area (Å²) in [5.41, 5.74) is 0. The van der Waals surface area contributed by atoms with Gasteiger partial charge in [-0.1, -0.05) is 305 Å². The zero-order valence-corrected chi connectivity index (χ0v) is 46.9. The fourth-order valence-electron chi connectivity index (χ4n) is 9.50. The van der Waals surface area contributed by atoms with Gasteiger partial charge < -0.3 is 14.2 Å². The van der Waals surface area contributed by atoms with E-state index in [9.17, 15) is 14.4 Å². The summed E-state index contributed by atoms with van der Waals surface area (Å²) in [5.74, 6) is 1.73. The number of hydrogen-bond donors (Lipinski definition) is 0. The summed E-state index contributed by atoms with van der Waals surface area (Å²) in [6, 6.07) is 0. The second kappa shape index (κ2) is 53.2. The van der Waals surface area contributed by atoms with Gasteiger partial charge in [0.1, 0.15) is 13.2 Å². The molecule has 0 aliphatic rings. The first-order valence-corrected chi connectivity index (χ1v) is 30.6. The number of unbranched alkanes of at least 4 members (excludes halogenated alkanes) is 37. The van der Waals surface area contributed by atoms with Crippen molar-refractivity contribution in [3.63, 3.8) is 0 Å². The van der Waals surface area contributed by atoms with Crippen molar-refractivity contribution >= 4 is 17.9 Å². The fourth-order valence-corrected chi connectivity index (χ4v) is 9.50. The van der Waals surface area contributed by atoms with E-state index >= 15 is 0 Å². The Balaban J connectivity index is 4.30. The van der Waals surface area contributed by atoms with E-state index in [4.69, 9.17) is 14.2 Å². The first kappa shape index (κ1) is 66.4. The van der Waals surface area contributed by atoms with Gasteiger partial charge in [-0.05, 0) is 37.0 Å². The van der Waals surface area contributed by atoms with Gasteiger partial charge in [-0.3, -0.25) is 14.4 Å². The molecule has 68 heavy (non-hydrogen) atoms. The number of rotatable bonds is 55. The monoisotopic (exact) mass is 961 g/mol. The second-order valence-corrected chi connectivity index (χ2v) is 22.5. The van der Waals surface area contributed by atoms with E-state index in [-0.39, 0.29) is 31.1 Å². The van der Waals surface area contributed by atoms with E-state index in [0.717, 1.165) is 75.5 Å². The van der Waals surface area contributed by atoms with Gasteiger partial charge in [0.05, 0.1) is 0 Å². The number of ether oxygens (including phenoxy) is 3. The van der Waals surface area contributed by atoms with Gasteiger partial charge in [0.25, 0.3) is 0 Å². The SMILES string of the molecule is CCC(C)CCCCCCCCCCCCC(=O)OC[C@H](COC(=O)CCCCCCCCCCCCCCCCCC(C)C)OC(=O)CCCCCCCCCCCCCCCCCC(C)C. The lowest BCUT2D eigenvalue weighted by Crippen LogP contribution is -2.30. The number of hydrogen-bond acceptors (Lipinski definition) is 6. The molecule has 0 amide bonds. The topological polar surface area (TPSA) is 78.9 Å². The summed E-state index contributed by atoms with van der Waals surface area (Å²) in [6.45, 7) is 13.8. The molecule has 2 atom stereocenters. The molecule has 0 saturated heterocycles. The maximum absolute atomic E-state index is 12.9. The van der Waals surface area contributed by atoms with Gasteiger partial charge >= 0.3 is 17.9 Å². The van der Waals surface area contributed by atoms with Gasteiger partial charge in [-0.2, -0.15) is 0 Å². The van der Waals surface area contributed by atoms with Crippen molar-refractivity contribution in [3.8, 4) is 0 Å². The minimum atomic E-state index is -0.764. The van der Waals surface area contributed by atoms with Crippen LogP contribution in [-0.4, -0.2) is 37.2 Å². The van der Waals surface area contributed by atoms with Gasteiger partial charge in [0.2, 0.25) is 0 Å². The number of carbonyl (C=O) groups is 3. The average Bonchev–Trinajstić information content (AvgIpc) is 3.31. The Hall–Kier alpha value is -1.59. The van der Waals surface area contributed by atoms with Gasteiger partial charge in [0.15, 0.2) is 6.10 Å². The van der Waals surface area contributed by atoms with E-state index in [1.54, 1.807) is 0 Å². The van der Waals surface area contributed by atoms with Gasteiger partial charge in [-0.25, -0.2) is 0 Å². The zero-order valence-electron chi connectivity index (χ0n) is 46.9. The van der Waals surface area contributed by atoms with E-state index < -0.39 is 6.10 Å². The normalized spacial score (nSPS) is 12.5. The van der Waals surface area contributed by atoms with E-state index in [1.807, 2.05) is 0 Å². The van der Waals surface area contributed by atoms with Crippen LogP contribution >= 0.6 is 0 Å². The van der Waals surface area contributed by atoms with Crippen LogP contribution < -0.4 is 0 Å². The molecule has 0 aromatic heterocycles. The molecular formula is C62H120O6. The zero-order chi connectivity index (χ0) is 49.8. The van der Waals surface area contributed by atoms with E-state index in [0.29, 0.717) is 19.3 Å². The number of carbonyl (C=O) groups excluding carboxylic acids is 3. The minimum absolute atomic E-state index is 0.0630. The third-order valence-electron chi connectivity index (χ3n) is 14.5. The van der Waals surface area contributed by atoms with Crippen molar-refractivity contribution in [2.45, 2.75) is 349 Å². The lowest BCUT2D eigenvalue weighted by Gasteiger charge is -2.18. The standard InChI is InChI=1S/C62H120O6/c1-7-58(6)50-44-38-32-26-22-23-28-34-40-46-52-61(64)67-55-59(68-62(65)53-47-41-35-29-21-17-13-9-11-15-19-25-31-37-43-49-57(4)5)54-66-60(63)51-45-39-33-27-20-16-12-8-10-14-18-24-30-36-42-48-56(2)3/h56-59H,7-55H2,1-6H3/t58?,59-/m0/s1. The van der Waals surface area contributed by atoms with Crippen molar-refractivity contribution in [3.05, 3.63) is 0 Å². The van der Waals surface area contributed by atoms with Crippen LogP contribution in [-0.2, 0) is 28.6 Å². The molecule has 0 heterocycles. The Bertz CT molecular complexity index is 1060. The Morgan fingerprint density at radius 2 is 0.515 bits per heavy atom. The molecule has 1 unspecified atom stereocenters. The lowest BCUT2D eigenvalue weighted by molar-refractivity contribution is -0.167. The molecule has 0 aromatic carbocycles. The second-order valence-electron chi connectivity index (χ2n) is 22.5. The van der Waals surface area contributed by atoms with Crippen LogP contribution in [0, 0.1) is 17.8 Å². The molecule has 0 radical (unpaired) electrons. The van der Waals surface area contributed by atoms with E-state index in [1.165, 1.54) is 225 Å². The quantitative estimate of drug-likeness (QED) is 0.0343. The Labute approximate surface area is 425 Å². The van der Waals surface area contributed by atoms with Crippen molar-refractivity contribution in [1.82, 2.24) is 0 Å². The maximum atomic E-state index is 12.9. The predicted molar refractivity (Wildman–Crippen MR) is 293 cm³/mol. The van der Waals surface area contributed by atoms with Gasteiger partial charge in [0, 0.05) is 19.3 Å². The molecule has 0 spiro atoms. The molecule has 0 aromatic rings. The third kappa shape index (κ3) is 53.8. The number of esters is 3. The largest absolute Gasteiger partial charge is 0.462 e. The molecule has 0 bridgehead atoms. The highest BCUT2D eigenvalue weighted by Gasteiger charge is 2.19.